The van der Waals surface area contributed by atoms with Gasteiger partial charge in [-0.05, 0) is 0 Å². The van der Waals surface area contributed by atoms with Crippen LogP contribution < -0.4 is 0 Å². The minimum absolute atomic E-state index is 0.139. The number of hydrogen-bond acceptors (Lipinski definition) is 2. The second-order valence-electron chi connectivity index (χ2n) is 1.52. The highest BCUT2D eigenvalue weighted by molar-refractivity contribution is 6.60. The quantitative estimate of drug-likeness (QED) is 0.350. The summed E-state index contributed by atoms with van der Waals surface area (Å²) in [7, 11) is 1.55. The van der Waals surface area contributed by atoms with E-state index >= 15 is 0 Å². The van der Waals surface area contributed by atoms with Crippen molar-refractivity contribution in [3.8, 4) is 0 Å². The van der Waals surface area contributed by atoms with Crippen LogP contribution in [-0.2, 0) is 8.85 Å². The smallest absolute Gasteiger partial charge is 0.343 e. The predicted molar refractivity (Wildman–Crippen MR) is 41.0 cm³/mol. The normalized spacial score (nSPS) is 13.8. The first-order chi connectivity index (χ1) is 4.26. The second-order valence-corrected chi connectivity index (χ2v) is 4.84. The van der Waals surface area contributed by atoms with E-state index in [4.69, 9.17) is 20.5 Å². The van der Waals surface area contributed by atoms with Crippen molar-refractivity contribution >= 4 is 20.9 Å². The number of hydrogen-bond donors (Lipinski definition) is 0. The number of alkyl halides is 1. The zero-order chi connectivity index (χ0) is 7.28. The van der Waals surface area contributed by atoms with Crippen molar-refractivity contribution in [3.63, 3.8) is 0 Å². The molecule has 1 unspecified atom stereocenters. The molecule has 4 heteroatoms. The van der Waals surface area contributed by atoms with Crippen molar-refractivity contribution in [2.75, 3.05) is 14.2 Å². The first-order valence-corrected chi connectivity index (χ1v) is 4.63. The minimum Gasteiger partial charge on any atom is -0.399 e. The first kappa shape index (κ1) is 9.17. The summed E-state index contributed by atoms with van der Waals surface area (Å²) in [4.78, 5) is 0. The second kappa shape index (κ2) is 4.99. The Morgan fingerprint density at radius 2 is 2.00 bits per heavy atom. The van der Waals surface area contributed by atoms with Gasteiger partial charge in [0.1, 0.15) is 0 Å². The number of halogens is 1. The van der Waals surface area contributed by atoms with Gasteiger partial charge in [0, 0.05) is 14.2 Å². The fourth-order valence-electron chi connectivity index (χ4n) is 0.467. The monoisotopic (exact) mass is 166 g/mol. The molecule has 0 saturated heterocycles. The van der Waals surface area contributed by atoms with Gasteiger partial charge in [0.25, 0.3) is 0 Å². The molecule has 0 N–H and O–H groups in total. The molecule has 0 spiro atoms. The predicted octanol–water partition coefficient (Wildman–Crippen LogP) is 0.832. The fraction of sp³-hybridized carbons (Fsp3) is 0.600. The Morgan fingerprint density at radius 3 is 2.11 bits per heavy atom. The Kier molecular flexibility index (Phi) is 5.08. The number of rotatable bonds is 4. The van der Waals surface area contributed by atoms with Crippen LogP contribution in [0, 0.1) is 0 Å². The van der Waals surface area contributed by atoms with Crippen molar-refractivity contribution in [1.29, 1.82) is 0 Å². The van der Waals surface area contributed by atoms with Crippen molar-refractivity contribution in [2.24, 2.45) is 0 Å². The maximum atomic E-state index is 5.73. The van der Waals surface area contributed by atoms with Crippen LogP contribution in [0.1, 0.15) is 0 Å². The van der Waals surface area contributed by atoms with Gasteiger partial charge in [-0.1, -0.05) is 6.08 Å². The highest BCUT2D eigenvalue weighted by atomic mass is 35.5. The molecule has 54 valence electrons. The van der Waals surface area contributed by atoms with E-state index in [-0.39, 0.29) is 5.00 Å². The van der Waals surface area contributed by atoms with Crippen molar-refractivity contribution in [2.45, 2.75) is 5.00 Å². The molecule has 0 aromatic rings. The molecule has 0 rings (SSSR count). The van der Waals surface area contributed by atoms with Crippen LogP contribution in [0.4, 0.5) is 0 Å². The molecular formula is C5H11ClO2Si. The lowest BCUT2D eigenvalue weighted by Gasteiger charge is -2.12. The van der Waals surface area contributed by atoms with Crippen LogP contribution in [0.2, 0.25) is 0 Å². The summed E-state index contributed by atoms with van der Waals surface area (Å²) >= 11 is 5.73. The lowest BCUT2D eigenvalue weighted by molar-refractivity contribution is 0.279. The Balaban J connectivity index is 3.63. The average Bonchev–Trinajstić information content (AvgIpc) is 1.90. The molecule has 0 aromatic carbocycles. The van der Waals surface area contributed by atoms with Crippen LogP contribution in [0.5, 0.6) is 0 Å². The highest BCUT2D eigenvalue weighted by Gasteiger charge is 2.17. The van der Waals surface area contributed by atoms with E-state index in [1.165, 1.54) is 0 Å². The maximum absolute atomic E-state index is 5.73. The molecule has 2 nitrogen and oxygen atoms in total. The zero-order valence-corrected chi connectivity index (χ0v) is 7.54. The van der Waals surface area contributed by atoms with E-state index in [0.717, 1.165) is 0 Å². The molecule has 0 bridgehead atoms. The molecule has 0 amide bonds. The Hall–Kier alpha value is 0.167. The van der Waals surface area contributed by atoms with Crippen molar-refractivity contribution in [1.82, 2.24) is 0 Å². The lowest BCUT2D eigenvalue weighted by Crippen LogP contribution is -2.29. The summed E-state index contributed by atoms with van der Waals surface area (Å²) in [6.07, 6.45) is 1.63. The summed E-state index contributed by atoms with van der Waals surface area (Å²) < 4.78 is 9.93. The van der Waals surface area contributed by atoms with E-state index in [2.05, 4.69) is 6.58 Å². The Labute approximate surface area is 62.3 Å². The van der Waals surface area contributed by atoms with Gasteiger partial charge >= 0.3 is 9.28 Å². The SMILES string of the molecule is C=CC(Cl)[SiH](OC)OC. The van der Waals surface area contributed by atoms with E-state index in [0.29, 0.717) is 0 Å². The molecule has 1 atom stereocenters. The van der Waals surface area contributed by atoms with E-state index < -0.39 is 9.28 Å². The van der Waals surface area contributed by atoms with Crippen molar-refractivity contribution < 1.29 is 8.85 Å². The molecule has 0 saturated carbocycles. The molecule has 0 radical (unpaired) electrons. The van der Waals surface area contributed by atoms with Gasteiger partial charge < -0.3 is 8.85 Å². The average molecular weight is 167 g/mol. The number of allylic oxidation sites excluding steroid dienone is 1. The van der Waals surface area contributed by atoms with Gasteiger partial charge in [-0.25, -0.2) is 0 Å². The van der Waals surface area contributed by atoms with Crippen LogP contribution in [0.25, 0.3) is 0 Å². The van der Waals surface area contributed by atoms with Gasteiger partial charge in [-0.15, -0.1) is 18.2 Å². The third-order valence-corrected chi connectivity index (χ3v) is 3.47. The molecular weight excluding hydrogens is 156 g/mol. The maximum Gasteiger partial charge on any atom is 0.343 e. The van der Waals surface area contributed by atoms with Crippen LogP contribution >= 0.6 is 11.6 Å². The van der Waals surface area contributed by atoms with Gasteiger partial charge in [-0.2, -0.15) is 0 Å². The Bertz CT molecular complexity index is 85.0. The molecule has 0 aliphatic rings. The largest absolute Gasteiger partial charge is 0.399 e. The van der Waals surface area contributed by atoms with E-state index in [1.807, 2.05) is 0 Å². The van der Waals surface area contributed by atoms with Gasteiger partial charge in [0.2, 0.25) is 0 Å². The van der Waals surface area contributed by atoms with Crippen LogP contribution in [0.3, 0.4) is 0 Å². The fourth-order valence-corrected chi connectivity index (χ4v) is 2.02. The summed E-state index contributed by atoms with van der Waals surface area (Å²) in [6.45, 7) is 3.52. The summed E-state index contributed by atoms with van der Waals surface area (Å²) in [5, 5.41) is -0.139. The van der Waals surface area contributed by atoms with Gasteiger partial charge in [-0.3, -0.25) is 0 Å². The van der Waals surface area contributed by atoms with Crippen LogP contribution in [-0.4, -0.2) is 28.5 Å². The standard InChI is InChI=1S/C5H11ClO2Si/c1-4-5(6)9(7-2)8-3/h4-5,9H,1H2,2-3H3. The van der Waals surface area contributed by atoms with E-state index in [1.54, 1.807) is 20.3 Å². The summed E-state index contributed by atoms with van der Waals surface area (Å²) in [5.74, 6) is 0. The van der Waals surface area contributed by atoms with Crippen LogP contribution in [0.15, 0.2) is 12.7 Å². The molecule has 0 aliphatic heterocycles. The molecule has 0 aliphatic carbocycles. The minimum atomic E-state index is -1.64. The third kappa shape index (κ3) is 3.00. The third-order valence-electron chi connectivity index (χ3n) is 0.950. The first-order valence-electron chi connectivity index (χ1n) is 2.58. The lowest BCUT2D eigenvalue weighted by atomic mass is 10.8. The van der Waals surface area contributed by atoms with E-state index in [9.17, 15) is 0 Å². The summed E-state index contributed by atoms with van der Waals surface area (Å²) in [5.41, 5.74) is 0. The Morgan fingerprint density at radius 1 is 1.56 bits per heavy atom. The molecule has 0 fully saturated rings. The summed E-state index contributed by atoms with van der Waals surface area (Å²) in [6, 6.07) is 0. The topological polar surface area (TPSA) is 18.5 Å². The molecule has 0 heterocycles. The highest BCUT2D eigenvalue weighted by Crippen LogP contribution is 2.02. The van der Waals surface area contributed by atoms with Crippen molar-refractivity contribution in [3.05, 3.63) is 12.7 Å². The molecule has 9 heavy (non-hydrogen) atoms. The van der Waals surface area contributed by atoms with Gasteiger partial charge in [0.05, 0.1) is 5.00 Å². The molecule has 0 aromatic heterocycles. The zero-order valence-electron chi connectivity index (χ0n) is 5.63. The van der Waals surface area contributed by atoms with Gasteiger partial charge in [0.15, 0.2) is 0 Å².